The number of hydrogen-bond donors (Lipinski definition) is 1. The first kappa shape index (κ1) is 13.6. The van der Waals surface area contributed by atoms with Crippen molar-refractivity contribution in [1.82, 2.24) is 0 Å². The summed E-state index contributed by atoms with van der Waals surface area (Å²) in [5.41, 5.74) is 3.35. The summed E-state index contributed by atoms with van der Waals surface area (Å²) in [5, 5.41) is 12.1. The molecule has 1 N–H and O–H groups in total. The van der Waals surface area contributed by atoms with Crippen LogP contribution in [0.1, 0.15) is 15.9 Å². The van der Waals surface area contributed by atoms with E-state index in [1.807, 2.05) is 42.5 Å². The van der Waals surface area contributed by atoms with Crippen molar-refractivity contribution in [3.63, 3.8) is 0 Å². The summed E-state index contributed by atoms with van der Waals surface area (Å²) in [6.07, 6.45) is 3.34. The molecule has 3 heteroatoms. The zero-order valence-electron chi connectivity index (χ0n) is 12.5. The Morgan fingerprint density at radius 3 is 2.43 bits per heavy atom. The lowest BCUT2D eigenvalue weighted by Gasteiger charge is -2.18. The van der Waals surface area contributed by atoms with Gasteiger partial charge in [-0.2, -0.15) is 0 Å². The molecule has 1 aliphatic carbocycles. The summed E-state index contributed by atoms with van der Waals surface area (Å²) in [6, 6.07) is 15.4. The Morgan fingerprint density at radius 2 is 1.70 bits per heavy atom. The summed E-state index contributed by atoms with van der Waals surface area (Å²) in [5.74, 6) is 0.298. The van der Waals surface area contributed by atoms with Gasteiger partial charge in [-0.05, 0) is 28.8 Å². The van der Waals surface area contributed by atoms with Crippen molar-refractivity contribution in [2.75, 3.05) is 7.11 Å². The topological polar surface area (TPSA) is 46.5 Å². The van der Waals surface area contributed by atoms with Crippen LogP contribution in [-0.4, -0.2) is 18.0 Å². The average Bonchev–Trinajstić information content (AvgIpc) is 2.60. The lowest BCUT2D eigenvalue weighted by Crippen LogP contribution is -2.03. The van der Waals surface area contributed by atoms with Gasteiger partial charge in [-0.15, -0.1) is 0 Å². The van der Waals surface area contributed by atoms with Crippen molar-refractivity contribution in [2.45, 2.75) is 0 Å². The summed E-state index contributed by atoms with van der Waals surface area (Å²) in [7, 11) is 1.49. The van der Waals surface area contributed by atoms with Crippen LogP contribution in [0.25, 0.3) is 28.0 Å². The fourth-order valence-corrected chi connectivity index (χ4v) is 3.15. The van der Waals surface area contributed by atoms with Gasteiger partial charge in [-0.1, -0.05) is 48.5 Å². The molecule has 3 nitrogen and oxygen atoms in total. The normalized spacial score (nSPS) is 12.7. The highest BCUT2D eigenvalue weighted by Crippen LogP contribution is 2.45. The Hall–Kier alpha value is -3.07. The fourth-order valence-electron chi connectivity index (χ4n) is 3.15. The molecule has 3 aromatic rings. The predicted molar refractivity (Wildman–Crippen MR) is 91.0 cm³/mol. The highest BCUT2D eigenvalue weighted by Gasteiger charge is 2.23. The Balaban J connectivity index is 2.20. The monoisotopic (exact) mass is 302 g/mol. The maximum atomic E-state index is 12.3. The van der Waals surface area contributed by atoms with E-state index in [1.54, 1.807) is 18.2 Å². The number of rotatable bonds is 2. The number of aromatic hydroxyl groups is 1. The van der Waals surface area contributed by atoms with Crippen molar-refractivity contribution in [3.05, 3.63) is 65.7 Å². The van der Waals surface area contributed by atoms with Crippen LogP contribution in [0.3, 0.4) is 0 Å². The van der Waals surface area contributed by atoms with Crippen molar-refractivity contribution in [1.29, 1.82) is 0 Å². The smallest absolute Gasteiger partial charge is 0.186 e. The first-order valence-corrected chi connectivity index (χ1v) is 7.35. The molecule has 0 saturated heterocycles. The number of ether oxygens (including phenoxy) is 1. The molecule has 112 valence electrons. The molecule has 4 rings (SSSR count). The Kier molecular flexibility index (Phi) is 2.95. The van der Waals surface area contributed by atoms with E-state index in [0.29, 0.717) is 16.7 Å². The van der Waals surface area contributed by atoms with E-state index < -0.39 is 0 Å². The number of ketones is 1. The molecule has 0 aliphatic heterocycles. The van der Waals surface area contributed by atoms with Gasteiger partial charge in [0.2, 0.25) is 0 Å². The van der Waals surface area contributed by atoms with Gasteiger partial charge in [-0.3, -0.25) is 4.79 Å². The van der Waals surface area contributed by atoms with E-state index in [9.17, 15) is 9.90 Å². The molecule has 3 aromatic carbocycles. The molecule has 0 amide bonds. The molecule has 0 heterocycles. The highest BCUT2D eigenvalue weighted by molar-refractivity contribution is 6.23. The van der Waals surface area contributed by atoms with E-state index in [1.165, 1.54) is 7.11 Å². The van der Waals surface area contributed by atoms with Crippen LogP contribution in [0.15, 0.2) is 54.6 Å². The molecule has 0 bridgehead atoms. The van der Waals surface area contributed by atoms with Crippen LogP contribution in [0, 0.1) is 0 Å². The SMILES string of the molecule is COc1cc2c3c(ccc(-c4ccccc4)c3c1O)C=CC2=O. The number of benzene rings is 3. The number of carbonyl (C=O) groups is 1. The molecule has 0 radical (unpaired) electrons. The molecule has 0 fully saturated rings. The molecular formula is C20H14O3. The summed E-state index contributed by atoms with van der Waals surface area (Å²) in [6.45, 7) is 0. The maximum absolute atomic E-state index is 12.3. The molecule has 0 unspecified atom stereocenters. The predicted octanol–water partition coefficient (Wildman–Crippen LogP) is 4.43. The van der Waals surface area contributed by atoms with E-state index in [2.05, 4.69) is 0 Å². The van der Waals surface area contributed by atoms with Gasteiger partial charge < -0.3 is 9.84 Å². The van der Waals surface area contributed by atoms with Gasteiger partial charge in [0.25, 0.3) is 0 Å². The highest BCUT2D eigenvalue weighted by atomic mass is 16.5. The van der Waals surface area contributed by atoms with Crippen molar-refractivity contribution in [3.8, 4) is 22.6 Å². The third kappa shape index (κ3) is 1.94. The Morgan fingerprint density at radius 1 is 0.913 bits per heavy atom. The zero-order valence-corrected chi connectivity index (χ0v) is 12.5. The lowest BCUT2D eigenvalue weighted by atomic mass is 9.87. The number of hydrogen-bond acceptors (Lipinski definition) is 3. The summed E-state index contributed by atoms with van der Waals surface area (Å²) < 4.78 is 5.27. The third-order valence-corrected chi connectivity index (χ3v) is 4.24. The van der Waals surface area contributed by atoms with Gasteiger partial charge >= 0.3 is 0 Å². The number of phenols is 1. The molecule has 0 aromatic heterocycles. The minimum absolute atomic E-state index is 0.0649. The quantitative estimate of drug-likeness (QED) is 0.761. The van der Waals surface area contributed by atoms with E-state index in [-0.39, 0.29) is 11.5 Å². The first-order chi connectivity index (χ1) is 11.2. The largest absolute Gasteiger partial charge is 0.504 e. The van der Waals surface area contributed by atoms with Crippen LogP contribution in [-0.2, 0) is 0 Å². The molecule has 23 heavy (non-hydrogen) atoms. The van der Waals surface area contributed by atoms with Crippen LogP contribution >= 0.6 is 0 Å². The van der Waals surface area contributed by atoms with Crippen molar-refractivity contribution in [2.24, 2.45) is 0 Å². The van der Waals surface area contributed by atoms with E-state index in [4.69, 9.17) is 4.74 Å². The zero-order chi connectivity index (χ0) is 16.0. The van der Waals surface area contributed by atoms with E-state index >= 15 is 0 Å². The van der Waals surface area contributed by atoms with Gasteiger partial charge in [0.05, 0.1) is 7.11 Å². The Bertz CT molecular complexity index is 969. The minimum Gasteiger partial charge on any atom is -0.504 e. The molecule has 0 atom stereocenters. The van der Waals surface area contributed by atoms with Gasteiger partial charge in [0.15, 0.2) is 17.3 Å². The average molecular weight is 302 g/mol. The molecule has 0 saturated carbocycles. The van der Waals surface area contributed by atoms with E-state index in [0.717, 1.165) is 22.1 Å². The van der Waals surface area contributed by atoms with Crippen LogP contribution in [0.2, 0.25) is 0 Å². The minimum atomic E-state index is -0.0778. The third-order valence-electron chi connectivity index (χ3n) is 4.24. The lowest BCUT2D eigenvalue weighted by molar-refractivity contribution is 0.104. The van der Waals surface area contributed by atoms with Crippen molar-refractivity contribution < 1.29 is 14.6 Å². The number of phenolic OH excluding ortho intramolecular Hbond substituents is 1. The van der Waals surface area contributed by atoms with Crippen LogP contribution in [0.5, 0.6) is 11.5 Å². The van der Waals surface area contributed by atoms with Crippen molar-refractivity contribution >= 4 is 22.6 Å². The second-order valence-corrected chi connectivity index (χ2v) is 5.49. The Labute approximate surface area is 133 Å². The number of carbonyl (C=O) groups excluding carboxylic acids is 1. The maximum Gasteiger partial charge on any atom is 0.186 e. The molecule has 0 spiro atoms. The van der Waals surface area contributed by atoms with Gasteiger partial charge in [0, 0.05) is 16.3 Å². The number of allylic oxidation sites excluding steroid dienone is 1. The second-order valence-electron chi connectivity index (χ2n) is 5.49. The number of methoxy groups -OCH3 is 1. The van der Waals surface area contributed by atoms with Crippen LogP contribution < -0.4 is 4.74 Å². The first-order valence-electron chi connectivity index (χ1n) is 7.35. The summed E-state index contributed by atoms with van der Waals surface area (Å²) >= 11 is 0. The fraction of sp³-hybridized carbons (Fsp3) is 0.0500. The standard InChI is InChI=1S/C20H14O3/c1-23-17-11-15-16(21)10-8-13-7-9-14(12-5-3-2-4-6-12)19(18(13)15)20(17)22/h2-11,22H,1H3. The van der Waals surface area contributed by atoms with Crippen LogP contribution in [0.4, 0.5) is 0 Å². The van der Waals surface area contributed by atoms with Gasteiger partial charge in [0.1, 0.15) is 0 Å². The second kappa shape index (κ2) is 4.99. The molecule has 1 aliphatic rings. The van der Waals surface area contributed by atoms with Gasteiger partial charge in [-0.25, -0.2) is 0 Å². The summed E-state index contributed by atoms with van der Waals surface area (Å²) in [4.78, 5) is 12.3. The molecular weight excluding hydrogens is 288 g/mol.